The van der Waals surface area contributed by atoms with Crippen LogP contribution in [0.15, 0.2) is 48.8 Å². The van der Waals surface area contributed by atoms with Gasteiger partial charge in [0.05, 0.1) is 6.42 Å². The van der Waals surface area contributed by atoms with Gasteiger partial charge in [0.2, 0.25) is 5.91 Å². The van der Waals surface area contributed by atoms with Gasteiger partial charge in [-0.25, -0.2) is 14.4 Å². The minimum atomic E-state index is -0.333. The minimum Gasteiger partial charge on any atom is -0.326 e. The molecule has 1 unspecified atom stereocenters. The molecule has 1 N–H and O–H groups in total. The molecule has 1 atom stereocenters. The number of hydrogen-bond acceptors (Lipinski definition) is 5. The fourth-order valence-corrected chi connectivity index (χ4v) is 4.26. The van der Waals surface area contributed by atoms with Gasteiger partial charge in [-0.1, -0.05) is 0 Å². The van der Waals surface area contributed by atoms with Crippen LogP contribution in [0.5, 0.6) is 0 Å². The number of carbonyl (C=O) groups is 1. The van der Waals surface area contributed by atoms with Gasteiger partial charge in [-0.15, -0.1) is 0 Å². The number of likely N-dealkylation sites (tertiary alicyclic amines) is 1. The number of halogens is 1. The largest absolute Gasteiger partial charge is 0.326 e. The third kappa shape index (κ3) is 5.53. The molecule has 6 nitrogen and oxygen atoms in total. The number of nitrogens with zero attached hydrogens (tertiary/aromatic N) is 4. The lowest BCUT2D eigenvalue weighted by Gasteiger charge is -2.32. The van der Waals surface area contributed by atoms with E-state index in [1.54, 1.807) is 12.1 Å². The van der Waals surface area contributed by atoms with Crippen LogP contribution in [0.1, 0.15) is 47.1 Å². The summed E-state index contributed by atoms with van der Waals surface area (Å²) in [4.78, 5) is 28.6. The molecule has 1 amide bonds. The third-order valence-corrected chi connectivity index (χ3v) is 5.93. The molecule has 166 valence electrons. The van der Waals surface area contributed by atoms with Gasteiger partial charge in [0, 0.05) is 54.0 Å². The first-order valence-corrected chi connectivity index (χ1v) is 11.0. The summed E-state index contributed by atoms with van der Waals surface area (Å²) >= 11 is 0. The zero-order valence-corrected chi connectivity index (χ0v) is 18.5. The number of rotatable bonds is 6. The number of nitrogens with one attached hydrogen (secondary N) is 1. The van der Waals surface area contributed by atoms with Gasteiger partial charge in [0.25, 0.3) is 0 Å². The molecule has 1 aromatic carbocycles. The third-order valence-electron chi connectivity index (χ3n) is 5.93. The van der Waals surface area contributed by atoms with Crippen molar-refractivity contribution in [3.63, 3.8) is 0 Å². The number of hydrogen-bond donors (Lipinski definition) is 1. The van der Waals surface area contributed by atoms with Crippen molar-refractivity contribution in [1.82, 2.24) is 19.9 Å². The maximum atomic E-state index is 13.1. The van der Waals surface area contributed by atoms with Crippen molar-refractivity contribution in [2.45, 2.75) is 45.6 Å². The minimum absolute atomic E-state index is 0.166. The number of anilines is 1. The van der Waals surface area contributed by atoms with Crippen LogP contribution >= 0.6 is 0 Å². The highest BCUT2D eigenvalue weighted by Gasteiger charge is 2.25. The van der Waals surface area contributed by atoms with Crippen LogP contribution in [0.2, 0.25) is 0 Å². The van der Waals surface area contributed by atoms with Crippen LogP contribution in [-0.2, 0) is 17.8 Å². The number of benzene rings is 1. The molecule has 1 aliphatic rings. The van der Waals surface area contributed by atoms with Crippen molar-refractivity contribution in [3.8, 4) is 0 Å². The average Bonchev–Trinajstić information content (AvgIpc) is 2.78. The van der Waals surface area contributed by atoms with Crippen molar-refractivity contribution in [2.75, 3.05) is 18.4 Å². The Bertz CT molecular complexity index is 1050. The number of aromatic nitrogens is 3. The van der Waals surface area contributed by atoms with Crippen LogP contribution in [0.3, 0.4) is 0 Å². The van der Waals surface area contributed by atoms with E-state index in [4.69, 9.17) is 9.97 Å². The van der Waals surface area contributed by atoms with E-state index in [1.807, 2.05) is 26.2 Å². The number of amides is 1. The van der Waals surface area contributed by atoms with E-state index < -0.39 is 0 Å². The quantitative estimate of drug-likeness (QED) is 0.631. The monoisotopic (exact) mass is 433 g/mol. The topological polar surface area (TPSA) is 71.0 Å². The van der Waals surface area contributed by atoms with Crippen molar-refractivity contribution in [1.29, 1.82) is 0 Å². The summed E-state index contributed by atoms with van der Waals surface area (Å²) in [5.41, 5.74) is 4.36. The molecular formula is C25H28FN5O. The SMILES string of the molecule is Cc1nc(C2CCCN(Cc3ccncc3)C2)nc(C)c1CC(=O)Nc1ccc(F)cc1. The predicted octanol–water partition coefficient (Wildman–Crippen LogP) is 4.19. The normalized spacial score (nSPS) is 16.7. The summed E-state index contributed by atoms with van der Waals surface area (Å²) in [5.74, 6) is 0.647. The molecular weight excluding hydrogens is 405 g/mol. The van der Waals surface area contributed by atoms with Gasteiger partial charge >= 0.3 is 0 Å². The molecule has 0 bridgehead atoms. The first kappa shape index (κ1) is 22.0. The highest BCUT2D eigenvalue weighted by Crippen LogP contribution is 2.27. The average molecular weight is 434 g/mol. The molecule has 2 aromatic heterocycles. The van der Waals surface area contributed by atoms with Gasteiger partial charge < -0.3 is 5.32 Å². The van der Waals surface area contributed by atoms with E-state index in [0.29, 0.717) is 5.69 Å². The highest BCUT2D eigenvalue weighted by atomic mass is 19.1. The molecule has 3 heterocycles. The Labute approximate surface area is 187 Å². The van der Waals surface area contributed by atoms with E-state index in [2.05, 4.69) is 27.3 Å². The Hall–Kier alpha value is -3.19. The van der Waals surface area contributed by atoms with Crippen molar-refractivity contribution < 1.29 is 9.18 Å². The molecule has 3 aromatic rings. The van der Waals surface area contributed by atoms with Crippen LogP contribution in [-0.4, -0.2) is 38.8 Å². The molecule has 1 saturated heterocycles. The molecule has 0 saturated carbocycles. The van der Waals surface area contributed by atoms with E-state index >= 15 is 0 Å². The Morgan fingerprint density at radius 3 is 2.47 bits per heavy atom. The van der Waals surface area contributed by atoms with E-state index in [0.717, 1.165) is 55.3 Å². The summed E-state index contributed by atoms with van der Waals surface area (Å²) in [7, 11) is 0. The smallest absolute Gasteiger partial charge is 0.228 e. The van der Waals surface area contributed by atoms with Gasteiger partial charge in [0.15, 0.2) is 0 Å². The van der Waals surface area contributed by atoms with Crippen LogP contribution < -0.4 is 5.32 Å². The summed E-state index contributed by atoms with van der Waals surface area (Å²) in [6.07, 6.45) is 6.03. The van der Waals surface area contributed by atoms with Crippen LogP contribution in [0.4, 0.5) is 10.1 Å². The lowest BCUT2D eigenvalue weighted by Crippen LogP contribution is -2.34. The molecule has 32 heavy (non-hydrogen) atoms. The van der Waals surface area contributed by atoms with Crippen LogP contribution in [0.25, 0.3) is 0 Å². The lowest BCUT2D eigenvalue weighted by atomic mass is 9.96. The summed E-state index contributed by atoms with van der Waals surface area (Å²) < 4.78 is 13.1. The molecule has 0 radical (unpaired) electrons. The Balaban J connectivity index is 1.42. The van der Waals surface area contributed by atoms with Crippen molar-refractivity contribution in [2.24, 2.45) is 0 Å². The molecule has 4 rings (SSSR count). The lowest BCUT2D eigenvalue weighted by molar-refractivity contribution is -0.115. The second-order valence-corrected chi connectivity index (χ2v) is 8.39. The van der Waals surface area contributed by atoms with Gasteiger partial charge in [-0.3, -0.25) is 14.7 Å². The van der Waals surface area contributed by atoms with Crippen molar-refractivity contribution in [3.05, 3.63) is 82.9 Å². The van der Waals surface area contributed by atoms with E-state index in [1.165, 1.54) is 17.7 Å². The molecule has 1 aliphatic heterocycles. The number of carbonyl (C=O) groups excluding carboxylic acids is 1. The zero-order valence-electron chi connectivity index (χ0n) is 18.5. The Morgan fingerprint density at radius 1 is 1.09 bits per heavy atom. The molecule has 0 aliphatic carbocycles. The summed E-state index contributed by atoms with van der Waals surface area (Å²) in [6, 6.07) is 9.86. The Morgan fingerprint density at radius 2 is 1.78 bits per heavy atom. The number of piperidine rings is 1. The standard InChI is InChI=1S/C25H28FN5O/c1-17-23(14-24(32)30-22-7-5-21(26)6-8-22)18(2)29-25(28-17)20-4-3-13-31(16-20)15-19-9-11-27-12-10-19/h5-12,20H,3-4,13-16H2,1-2H3,(H,30,32). The van der Waals surface area contributed by atoms with Gasteiger partial charge in [0.1, 0.15) is 11.6 Å². The van der Waals surface area contributed by atoms with E-state index in [-0.39, 0.29) is 24.1 Å². The number of aryl methyl sites for hydroxylation is 2. The molecule has 0 spiro atoms. The summed E-state index contributed by atoms with van der Waals surface area (Å²) in [6.45, 7) is 6.77. The predicted molar refractivity (Wildman–Crippen MR) is 122 cm³/mol. The van der Waals surface area contributed by atoms with Gasteiger partial charge in [-0.2, -0.15) is 0 Å². The summed E-state index contributed by atoms with van der Waals surface area (Å²) in [5, 5.41) is 2.81. The second kappa shape index (κ2) is 9.96. The first-order valence-electron chi connectivity index (χ1n) is 11.0. The fraction of sp³-hybridized carbons (Fsp3) is 0.360. The Kier molecular flexibility index (Phi) is 6.85. The zero-order chi connectivity index (χ0) is 22.5. The highest BCUT2D eigenvalue weighted by molar-refractivity contribution is 5.92. The fourth-order valence-electron chi connectivity index (χ4n) is 4.26. The van der Waals surface area contributed by atoms with Gasteiger partial charge in [-0.05, 0) is 75.2 Å². The van der Waals surface area contributed by atoms with Crippen molar-refractivity contribution >= 4 is 11.6 Å². The maximum absolute atomic E-state index is 13.1. The molecule has 1 fully saturated rings. The number of pyridine rings is 1. The molecule has 7 heteroatoms. The maximum Gasteiger partial charge on any atom is 0.228 e. The first-order chi connectivity index (χ1) is 15.5. The second-order valence-electron chi connectivity index (χ2n) is 8.39. The van der Waals surface area contributed by atoms with E-state index in [9.17, 15) is 9.18 Å². The van der Waals surface area contributed by atoms with Crippen LogP contribution in [0, 0.1) is 19.7 Å².